The van der Waals surface area contributed by atoms with E-state index in [1.165, 1.54) is 0 Å². The molecule has 1 saturated carbocycles. The van der Waals surface area contributed by atoms with Gasteiger partial charge in [0.25, 0.3) is 0 Å². The summed E-state index contributed by atoms with van der Waals surface area (Å²) in [6.07, 6.45) is 5.64. The molecule has 6 nitrogen and oxygen atoms in total. The molecule has 0 aromatic heterocycles. The number of hydrogen-bond donors (Lipinski definition) is 2. The largest absolute Gasteiger partial charge is 0.351 e. The van der Waals surface area contributed by atoms with Crippen LogP contribution in [0.15, 0.2) is 0 Å². The van der Waals surface area contributed by atoms with Crippen LogP contribution in [-0.4, -0.2) is 41.8 Å². The molecule has 19 heavy (non-hydrogen) atoms. The smallest absolute Gasteiger partial charge is 0.318 e. The predicted octanol–water partition coefficient (Wildman–Crippen LogP) is 0.405. The zero-order valence-electron chi connectivity index (χ0n) is 11.1. The van der Waals surface area contributed by atoms with Crippen molar-refractivity contribution in [3.63, 3.8) is 0 Å². The van der Waals surface area contributed by atoms with Gasteiger partial charge in [-0.05, 0) is 32.2 Å². The second-order valence-corrected chi connectivity index (χ2v) is 5.41. The molecular weight excluding hydrogens is 246 g/mol. The molecule has 1 heterocycles. The Labute approximate surface area is 112 Å². The van der Waals surface area contributed by atoms with Gasteiger partial charge in [0.2, 0.25) is 5.91 Å². The van der Waals surface area contributed by atoms with Gasteiger partial charge >= 0.3 is 6.03 Å². The van der Waals surface area contributed by atoms with Gasteiger partial charge in [-0.3, -0.25) is 19.8 Å². The molecule has 0 aromatic rings. The van der Waals surface area contributed by atoms with Crippen LogP contribution in [0.5, 0.6) is 0 Å². The molecule has 0 bridgehead atoms. The topological polar surface area (TPSA) is 92.5 Å². The summed E-state index contributed by atoms with van der Waals surface area (Å²) < 4.78 is 0. The molecule has 2 atom stereocenters. The van der Waals surface area contributed by atoms with Gasteiger partial charge in [-0.15, -0.1) is 0 Å². The normalized spacial score (nSPS) is 28.3. The molecule has 0 spiro atoms. The number of primary amides is 1. The summed E-state index contributed by atoms with van der Waals surface area (Å²) >= 11 is 0. The molecule has 6 heteroatoms. The molecule has 2 unspecified atom stereocenters. The summed E-state index contributed by atoms with van der Waals surface area (Å²) in [4.78, 5) is 36.2. The predicted molar refractivity (Wildman–Crippen MR) is 69.3 cm³/mol. The zero-order valence-corrected chi connectivity index (χ0v) is 11.1. The number of nitrogens with zero attached hydrogens (tertiary/aromatic N) is 1. The maximum absolute atomic E-state index is 11.9. The van der Waals surface area contributed by atoms with Crippen LogP contribution in [-0.2, 0) is 9.59 Å². The van der Waals surface area contributed by atoms with Crippen LogP contribution in [0.2, 0.25) is 0 Å². The summed E-state index contributed by atoms with van der Waals surface area (Å²) in [7, 11) is 0. The lowest BCUT2D eigenvalue weighted by Gasteiger charge is -2.38. The van der Waals surface area contributed by atoms with E-state index >= 15 is 0 Å². The van der Waals surface area contributed by atoms with Crippen molar-refractivity contribution in [3.8, 4) is 0 Å². The lowest BCUT2D eigenvalue weighted by atomic mass is 9.88. The van der Waals surface area contributed by atoms with Crippen molar-refractivity contribution in [1.29, 1.82) is 0 Å². The Hall–Kier alpha value is -1.43. The van der Waals surface area contributed by atoms with Gasteiger partial charge in [0.15, 0.2) is 0 Å². The number of amides is 3. The molecule has 3 N–H and O–H groups in total. The quantitative estimate of drug-likeness (QED) is 0.774. The van der Waals surface area contributed by atoms with Gasteiger partial charge in [-0.1, -0.05) is 6.42 Å². The molecule has 1 aliphatic carbocycles. The maximum Gasteiger partial charge on any atom is 0.318 e. The van der Waals surface area contributed by atoms with Gasteiger partial charge in [0.1, 0.15) is 5.78 Å². The van der Waals surface area contributed by atoms with Crippen molar-refractivity contribution in [2.45, 2.75) is 44.6 Å². The molecule has 3 amide bonds. The third kappa shape index (κ3) is 3.53. The number of urea groups is 1. The minimum absolute atomic E-state index is 0.0710. The second-order valence-electron chi connectivity index (χ2n) is 5.41. The van der Waals surface area contributed by atoms with Crippen molar-refractivity contribution in [3.05, 3.63) is 0 Å². The first-order chi connectivity index (χ1) is 9.08. The molecule has 106 valence electrons. The van der Waals surface area contributed by atoms with Gasteiger partial charge in [-0.25, -0.2) is 4.79 Å². The molecule has 2 aliphatic rings. The number of carbonyl (C=O) groups excluding carboxylic acids is 3. The van der Waals surface area contributed by atoms with Crippen molar-refractivity contribution in [1.82, 2.24) is 10.2 Å². The molecule has 0 radical (unpaired) electrons. The fraction of sp³-hybridized carbons (Fsp3) is 0.769. The monoisotopic (exact) mass is 267 g/mol. The highest BCUT2D eigenvalue weighted by Gasteiger charge is 2.37. The van der Waals surface area contributed by atoms with Gasteiger partial charge in [0.05, 0.1) is 6.54 Å². The molecule has 0 aromatic carbocycles. The Kier molecular flexibility index (Phi) is 4.52. The van der Waals surface area contributed by atoms with E-state index < -0.39 is 6.03 Å². The summed E-state index contributed by atoms with van der Waals surface area (Å²) in [5.41, 5.74) is 4.93. The number of nitrogens with one attached hydrogen (secondary N) is 1. The maximum atomic E-state index is 11.9. The number of Topliss-reactive ketones (excluding diaryl/α,β-unsaturated/α-hetero) is 1. The number of nitrogens with two attached hydrogens (primary N) is 1. The van der Waals surface area contributed by atoms with E-state index in [1.54, 1.807) is 0 Å². The summed E-state index contributed by atoms with van der Waals surface area (Å²) in [6, 6.07) is -0.669. The average Bonchev–Trinajstić information content (AvgIpc) is 2.75. The van der Waals surface area contributed by atoms with E-state index in [-0.39, 0.29) is 24.4 Å². The van der Waals surface area contributed by atoms with Gasteiger partial charge in [-0.2, -0.15) is 0 Å². The van der Waals surface area contributed by atoms with E-state index in [0.29, 0.717) is 12.2 Å². The third-order valence-corrected chi connectivity index (χ3v) is 4.09. The van der Waals surface area contributed by atoms with Crippen LogP contribution in [0, 0.1) is 5.92 Å². The van der Waals surface area contributed by atoms with Crippen LogP contribution >= 0.6 is 0 Å². The first-order valence-corrected chi connectivity index (χ1v) is 6.94. The Morgan fingerprint density at radius 3 is 2.68 bits per heavy atom. The molecule has 2 rings (SSSR count). The highest BCUT2D eigenvalue weighted by Crippen LogP contribution is 2.32. The number of piperidine rings is 1. The number of carbonyl (C=O) groups is 3. The lowest BCUT2D eigenvalue weighted by Crippen LogP contribution is -2.50. The van der Waals surface area contributed by atoms with Crippen LogP contribution in [0.3, 0.4) is 0 Å². The fourth-order valence-corrected chi connectivity index (χ4v) is 3.28. The molecule has 1 saturated heterocycles. The summed E-state index contributed by atoms with van der Waals surface area (Å²) in [6.45, 7) is 0.956. The number of hydrogen-bond acceptors (Lipinski definition) is 4. The minimum atomic E-state index is -0.824. The van der Waals surface area contributed by atoms with Crippen LogP contribution < -0.4 is 11.1 Å². The summed E-state index contributed by atoms with van der Waals surface area (Å²) in [5, 5.41) is 2.09. The van der Waals surface area contributed by atoms with E-state index in [1.807, 2.05) is 4.90 Å². The first kappa shape index (κ1) is 14.0. The Balaban J connectivity index is 1.97. The van der Waals surface area contributed by atoms with Crippen molar-refractivity contribution in [2.24, 2.45) is 11.7 Å². The highest BCUT2D eigenvalue weighted by atomic mass is 16.2. The van der Waals surface area contributed by atoms with E-state index in [4.69, 9.17) is 5.73 Å². The van der Waals surface area contributed by atoms with Gasteiger partial charge in [0, 0.05) is 18.4 Å². The van der Waals surface area contributed by atoms with Crippen LogP contribution in [0.4, 0.5) is 4.79 Å². The molecule has 2 fully saturated rings. The number of likely N-dealkylation sites (tertiary alicyclic amines) is 1. The third-order valence-electron chi connectivity index (χ3n) is 4.09. The first-order valence-electron chi connectivity index (χ1n) is 6.94. The number of imide groups is 1. The van der Waals surface area contributed by atoms with Crippen LogP contribution in [0.1, 0.15) is 38.5 Å². The van der Waals surface area contributed by atoms with E-state index in [9.17, 15) is 14.4 Å². The van der Waals surface area contributed by atoms with Crippen molar-refractivity contribution < 1.29 is 14.4 Å². The van der Waals surface area contributed by atoms with Crippen molar-refractivity contribution >= 4 is 17.7 Å². The Bertz CT molecular complexity index is 383. The van der Waals surface area contributed by atoms with Crippen molar-refractivity contribution in [2.75, 3.05) is 13.1 Å². The lowest BCUT2D eigenvalue weighted by molar-refractivity contribution is -0.126. The zero-order chi connectivity index (χ0) is 13.8. The molecular formula is C13H21N3O3. The Morgan fingerprint density at radius 1 is 1.26 bits per heavy atom. The molecule has 1 aliphatic heterocycles. The number of rotatable bonds is 3. The van der Waals surface area contributed by atoms with E-state index in [2.05, 4.69) is 5.32 Å². The number of ketones is 1. The van der Waals surface area contributed by atoms with Crippen LogP contribution in [0.25, 0.3) is 0 Å². The summed E-state index contributed by atoms with van der Waals surface area (Å²) in [5.74, 6) is 0.0127. The Morgan fingerprint density at radius 2 is 2.05 bits per heavy atom. The highest BCUT2D eigenvalue weighted by molar-refractivity contribution is 5.94. The van der Waals surface area contributed by atoms with E-state index in [0.717, 1.165) is 38.6 Å². The standard InChI is InChI=1S/C13H21N3O3/c14-13(19)15-12(18)8-16-7-2-1-5-10(16)9-4-3-6-11(9)17/h9-10H,1-8H2,(H3,14,15,18,19). The average molecular weight is 267 g/mol. The minimum Gasteiger partial charge on any atom is -0.351 e. The second kappa shape index (κ2) is 6.14. The fourth-order valence-electron chi connectivity index (χ4n) is 3.28. The SMILES string of the molecule is NC(=O)NC(=O)CN1CCCCC1C1CCCC1=O. The van der Waals surface area contributed by atoms with Gasteiger partial charge < -0.3 is 5.73 Å².